The van der Waals surface area contributed by atoms with Gasteiger partial charge in [0.1, 0.15) is 5.82 Å². The van der Waals surface area contributed by atoms with Crippen molar-refractivity contribution in [1.82, 2.24) is 9.97 Å². The standard InChI is InChI=1S/C13H13N3O2.Li.H/c1-8-2-3-16(8)12-5-11-9(6-15-12)4-10(7-14-11)13(17)18;;/h4-8H,2-3H2,1H3,(H,17,18);;/t8-;;/m0../s1. The number of aromatic nitrogens is 2. The number of hydrogen-bond donors (Lipinski definition) is 1. The number of hydrogen-bond acceptors (Lipinski definition) is 4. The summed E-state index contributed by atoms with van der Waals surface area (Å²) in [5, 5.41) is 9.66. The molecule has 0 saturated carbocycles. The summed E-state index contributed by atoms with van der Waals surface area (Å²) in [6.07, 6.45) is 4.26. The minimum atomic E-state index is -0.968. The van der Waals surface area contributed by atoms with E-state index in [2.05, 4.69) is 21.8 Å². The summed E-state index contributed by atoms with van der Waals surface area (Å²) in [6, 6.07) is 4.03. The maximum atomic E-state index is 10.8. The summed E-state index contributed by atoms with van der Waals surface area (Å²) < 4.78 is 0. The van der Waals surface area contributed by atoms with Crippen LogP contribution < -0.4 is 4.90 Å². The van der Waals surface area contributed by atoms with Crippen LogP contribution in [0.1, 0.15) is 23.7 Å². The van der Waals surface area contributed by atoms with Gasteiger partial charge in [0.2, 0.25) is 0 Å². The van der Waals surface area contributed by atoms with Crippen LogP contribution in [-0.2, 0) is 0 Å². The summed E-state index contributed by atoms with van der Waals surface area (Å²) in [5.74, 6) is -0.0540. The maximum absolute atomic E-state index is 10.8. The molecule has 94 valence electrons. The first-order valence-electron chi connectivity index (χ1n) is 5.91. The van der Waals surface area contributed by atoms with E-state index >= 15 is 0 Å². The van der Waals surface area contributed by atoms with E-state index in [-0.39, 0.29) is 24.4 Å². The van der Waals surface area contributed by atoms with Crippen molar-refractivity contribution in [3.63, 3.8) is 0 Å². The molecule has 1 atom stereocenters. The van der Waals surface area contributed by atoms with Gasteiger partial charge >= 0.3 is 24.8 Å². The number of nitrogens with zero attached hydrogens (tertiary/aromatic N) is 3. The number of fused-ring (bicyclic) bond motifs is 1. The summed E-state index contributed by atoms with van der Waals surface area (Å²) in [4.78, 5) is 21.6. The topological polar surface area (TPSA) is 66.3 Å². The molecule has 5 nitrogen and oxygen atoms in total. The summed E-state index contributed by atoms with van der Waals surface area (Å²) in [6.45, 7) is 3.18. The third kappa shape index (κ3) is 2.44. The Hall–Kier alpha value is -1.57. The molecule has 1 aliphatic heterocycles. The molecule has 0 aromatic carbocycles. The predicted octanol–water partition coefficient (Wildman–Crippen LogP) is 1.28. The number of rotatable bonds is 2. The Bertz CT molecular complexity index is 632. The number of anilines is 1. The third-order valence-corrected chi connectivity index (χ3v) is 3.41. The molecular formula is C13H14LiN3O2. The number of carbonyl (C=O) groups is 1. The second-order valence-corrected chi connectivity index (χ2v) is 4.60. The average molecular weight is 251 g/mol. The summed E-state index contributed by atoms with van der Waals surface area (Å²) in [5.41, 5.74) is 0.971. The number of carboxylic acid groups (broad SMARTS) is 1. The van der Waals surface area contributed by atoms with Crippen LogP contribution in [0.15, 0.2) is 24.5 Å². The molecule has 19 heavy (non-hydrogen) atoms. The molecule has 0 aliphatic carbocycles. The van der Waals surface area contributed by atoms with E-state index in [4.69, 9.17) is 5.11 Å². The van der Waals surface area contributed by atoms with Crippen LogP contribution in [0.25, 0.3) is 10.9 Å². The normalized spacial score (nSPS) is 17.7. The quantitative estimate of drug-likeness (QED) is 0.814. The second-order valence-electron chi connectivity index (χ2n) is 4.60. The van der Waals surface area contributed by atoms with E-state index in [1.165, 1.54) is 12.6 Å². The molecule has 2 aromatic rings. The van der Waals surface area contributed by atoms with Gasteiger partial charge in [-0.25, -0.2) is 9.78 Å². The van der Waals surface area contributed by atoms with Gasteiger partial charge in [0.25, 0.3) is 0 Å². The predicted molar refractivity (Wildman–Crippen MR) is 75.1 cm³/mol. The van der Waals surface area contributed by atoms with Crippen molar-refractivity contribution in [2.45, 2.75) is 19.4 Å². The second kappa shape index (κ2) is 5.20. The van der Waals surface area contributed by atoms with Crippen LogP contribution in [0.2, 0.25) is 0 Å². The van der Waals surface area contributed by atoms with E-state index < -0.39 is 5.97 Å². The zero-order valence-corrected chi connectivity index (χ0v) is 10.00. The molecule has 6 heteroatoms. The molecule has 3 rings (SSSR count). The van der Waals surface area contributed by atoms with Crippen molar-refractivity contribution in [2.75, 3.05) is 11.4 Å². The molecule has 1 fully saturated rings. The first-order chi connectivity index (χ1) is 8.65. The fraction of sp³-hybridized carbons (Fsp3) is 0.308. The molecule has 1 saturated heterocycles. The van der Waals surface area contributed by atoms with E-state index in [1.54, 1.807) is 12.3 Å². The van der Waals surface area contributed by atoms with Gasteiger partial charge in [0.05, 0.1) is 11.1 Å². The van der Waals surface area contributed by atoms with E-state index in [0.29, 0.717) is 6.04 Å². The Morgan fingerprint density at radius 2 is 2.16 bits per heavy atom. The molecule has 0 unspecified atom stereocenters. The fourth-order valence-corrected chi connectivity index (χ4v) is 2.14. The average Bonchev–Trinajstić information content (AvgIpc) is 2.36. The number of aromatic carboxylic acids is 1. The molecule has 0 bridgehead atoms. The van der Waals surface area contributed by atoms with Crippen LogP contribution in [0, 0.1) is 0 Å². The SMILES string of the molecule is C[C@H]1CCN1c1cc2ncc(C(=O)O)cc2cn1.[LiH]. The number of pyridine rings is 2. The summed E-state index contributed by atoms with van der Waals surface area (Å²) in [7, 11) is 0. The van der Waals surface area contributed by atoms with Gasteiger partial charge in [-0.15, -0.1) is 0 Å². The van der Waals surface area contributed by atoms with Gasteiger partial charge < -0.3 is 10.0 Å². The van der Waals surface area contributed by atoms with Crippen LogP contribution in [-0.4, -0.2) is 52.5 Å². The molecule has 0 radical (unpaired) electrons. The van der Waals surface area contributed by atoms with Gasteiger partial charge in [-0.1, -0.05) is 0 Å². The Balaban J connectivity index is 0.00000133. The van der Waals surface area contributed by atoms with Crippen molar-refractivity contribution < 1.29 is 9.90 Å². The Labute approximate surface area is 122 Å². The van der Waals surface area contributed by atoms with Gasteiger partial charge in [-0.2, -0.15) is 0 Å². The van der Waals surface area contributed by atoms with Crippen LogP contribution in [0.5, 0.6) is 0 Å². The van der Waals surface area contributed by atoms with Crippen LogP contribution >= 0.6 is 0 Å². The van der Waals surface area contributed by atoms with Crippen molar-refractivity contribution in [2.24, 2.45) is 0 Å². The Morgan fingerprint density at radius 1 is 1.37 bits per heavy atom. The molecular weight excluding hydrogens is 237 g/mol. The molecule has 3 heterocycles. The molecule has 0 amide bonds. The van der Waals surface area contributed by atoms with Crippen molar-refractivity contribution >= 4 is 41.6 Å². The number of carboxylic acids is 1. The molecule has 1 aliphatic rings. The molecule has 0 spiro atoms. The zero-order valence-electron chi connectivity index (χ0n) is 10.00. The minimum absolute atomic E-state index is 0. The molecule has 2 aromatic heterocycles. The Morgan fingerprint density at radius 3 is 2.74 bits per heavy atom. The molecule has 1 N–H and O–H groups in total. The Kier molecular flexibility index (Phi) is 3.79. The van der Waals surface area contributed by atoms with Gasteiger partial charge in [0, 0.05) is 36.4 Å². The first kappa shape index (κ1) is 13.8. The third-order valence-electron chi connectivity index (χ3n) is 3.41. The van der Waals surface area contributed by atoms with E-state index in [1.807, 2.05) is 6.07 Å². The van der Waals surface area contributed by atoms with Crippen molar-refractivity contribution in [1.29, 1.82) is 0 Å². The summed E-state index contributed by atoms with van der Waals surface area (Å²) >= 11 is 0. The zero-order chi connectivity index (χ0) is 12.7. The monoisotopic (exact) mass is 251 g/mol. The van der Waals surface area contributed by atoms with Gasteiger partial charge in [-0.05, 0) is 19.4 Å². The fourth-order valence-electron chi connectivity index (χ4n) is 2.14. The van der Waals surface area contributed by atoms with E-state index in [0.717, 1.165) is 23.3 Å². The van der Waals surface area contributed by atoms with Gasteiger partial charge in [-0.3, -0.25) is 4.98 Å². The van der Waals surface area contributed by atoms with Gasteiger partial charge in [0.15, 0.2) is 0 Å². The first-order valence-corrected chi connectivity index (χ1v) is 5.91. The van der Waals surface area contributed by atoms with Crippen molar-refractivity contribution in [3.05, 3.63) is 30.1 Å². The van der Waals surface area contributed by atoms with Crippen LogP contribution in [0.3, 0.4) is 0 Å². The van der Waals surface area contributed by atoms with Crippen LogP contribution in [0.4, 0.5) is 5.82 Å². The van der Waals surface area contributed by atoms with Crippen molar-refractivity contribution in [3.8, 4) is 0 Å². The van der Waals surface area contributed by atoms with E-state index in [9.17, 15) is 4.79 Å².